The second-order valence-electron chi connectivity index (χ2n) is 4.62. The smallest absolute Gasteiger partial charge is 0.305 e. The summed E-state index contributed by atoms with van der Waals surface area (Å²) in [5.41, 5.74) is 6.89. The molecule has 1 aliphatic rings. The molecule has 1 atom stereocenters. The van der Waals surface area contributed by atoms with Crippen LogP contribution in [0.1, 0.15) is 36.4 Å². The van der Waals surface area contributed by atoms with Crippen LogP contribution in [0.25, 0.3) is 4.85 Å². The van der Waals surface area contributed by atoms with Crippen LogP contribution in [-0.4, -0.2) is 11.1 Å². The van der Waals surface area contributed by atoms with Crippen LogP contribution < -0.4 is 5.73 Å². The number of halogens is 1. The van der Waals surface area contributed by atoms with Crippen molar-refractivity contribution < 1.29 is 9.90 Å². The average molecular weight is 265 g/mol. The first-order valence-corrected chi connectivity index (χ1v) is 6.01. The first-order valence-electron chi connectivity index (χ1n) is 5.64. The second-order valence-corrected chi connectivity index (χ2v) is 5.06. The van der Waals surface area contributed by atoms with Crippen molar-refractivity contribution >= 4 is 17.6 Å². The summed E-state index contributed by atoms with van der Waals surface area (Å²) in [6, 6.07) is 4.65. The Morgan fingerprint density at radius 3 is 2.72 bits per heavy atom. The van der Waals surface area contributed by atoms with E-state index >= 15 is 0 Å². The first kappa shape index (κ1) is 12.9. The number of hydrogen-bond acceptors (Lipinski definition) is 2. The van der Waals surface area contributed by atoms with Crippen molar-refractivity contribution in [2.24, 2.45) is 5.73 Å². The van der Waals surface area contributed by atoms with Gasteiger partial charge in [0, 0.05) is 29.5 Å². The number of carboxylic acids is 1. The molecule has 0 spiro atoms. The Hall–Kier alpha value is -1.57. The highest BCUT2D eigenvalue weighted by Crippen LogP contribution is 2.50. The Labute approximate surface area is 110 Å². The molecule has 0 aliphatic heterocycles. The fourth-order valence-electron chi connectivity index (χ4n) is 1.98. The highest BCUT2D eigenvalue weighted by atomic mass is 35.5. The van der Waals surface area contributed by atoms with E-state index in [1.807, 2.05) is 6.07 Å². The predicted molar refractivity (Wildman–Crippen MR) is 68.1 cm³/mol. The molecule has 1 fully saturated rings. The third-order valence-corrected chi connectivity index (χ3v) is 3.44. The maximum absolute atomic E-state index is 10.7. The Kier molecular flexibility index (Phi) is 3.29. The number of nitrogens with two attached hydrogens (primary N) is 1. The van der Waals surface area contributed by atoms with Gasteiger partial charge < -0.3 is 15.7 Å². The van der Waals surface area contributed by atoms with Crippen molar-refractivity contribution in [1.82, 2.24) is 0 Å². The fourth-order valence-corrected chi connectivity index (χ4v) is 2.23. The Balaban J connectivity index is 2.33. The molecule has 0 saturated heterocycles. The number of benzene rings is 1. The van der Waals surface area contributed by atoms with E-state index < -0.39 is 17.6 Å². The molecule has 0 heterocycles. The number of carbonyl (C=O) groups is 1. The standard InChI is InChI=1S/C13H13ClN2O2/c1-16-13(2-3-13)9-4-8(5-10(14)6-9)11(15)7-12(17)18/h4-6,11H,2-3,7,15H2,(H,17,18)/t11-/m0/s1. The molecule has 0 aromatic heterocycles. The van der Waals surface area contributed by atoms with Crippen molar-refractivity contribution in [3.8, 4) is 0 Å². The van der Waals surface area contributed by atoms with Gasteiger partial charge in [-0.2, -0.15) is 0 Å². The van der Waals surface area contributed by atoms with Crippen molar-refractivity contribution in [3.05, 3.63) is 45.8 Å². The van der Waals surface area contributed by atoms with Crippen molar-refractivity contribution in [1.29, 1.82) is 0 Å². The summed E-state index contributed by atoms with van der Waals surface area (Å²) < 4.78 is 0. The van der Waals surface area contributed by atoms with Crippen LogP contribution in [-0.2, 0) is 10.3 Å². The number of rotatable bonds is 4. The third-order valence-electron chi connectivity index (χ3n) is 3.22. The van der Waals surface area contributed by atoms with Gasteiger partial charge in [0.1, 0.15) is 0 Å². The quantitative estimate of drug-likeness (QED) is 0.822. The van der Waals surface area contributed by atoms with Crippen LogP contribution >= 0.6 is 11.6 Å². The minimum atomic E-state index is -0.949. The van der Waals surface area contributed by atoms with Crippen LogP contribution in [0, 0.1) is 6.57 Å². The minimum Gasteiger partial charge on any atom is -0.481 e. The maximum Gasteiger partial charge on any atom is 0.305 e. The molecule has 1 aliphatic carbocycles. The lowest BCUT2D eigenvalue weighted by molar-refractivity contribution is -0.137. The molecule has 94 valence electrons. The summed E-state index contributed by atoms with van der Waals surface area (Å²) in [7, 11) is 0. The summed E-state index contributed by atoms with van der Waals surface area (Å²) in [5.74, 6) is -0.949. The summed E-state index contributed by atoms with van der Waals surface area (Å²) >= 11 is 6.02. The van der Waals surface area contributed by atoms with E-state index in [0.717, 1.165) is 18.4 Å². The monoisotopic (exact) mass is 264 g/mol. The van der Waals surface area contributed by atoms with E-state index in [0.29, 0.717) is 10.6 Å². The Bertz CT molecular complexity index is 532. The topological polar surface area (TPSA) is 67.7 Å². The van der Waals surface area contributed by atoms with E-state index in [1.54, 1.807) is 12.1 Å². The van der Waals surface area contributed by atoms with Gasteiger partial charge >= 0.3 is 5.97 Å². The van der Waals surface area contributed by atoms with E-state index in [-0.39, 0.29) is 6.42 Å². The van der Waals surface area contributed by atoms with Crippen LogP contribution in [0.3, 0.4) is 0 Å². The van der Waals surface area contributed by atoms with Crippen LogP contribution in [0.5, 0.6) is 0 Å². The Morgan fingerprint density at radius 2 is 2.22 bits per heavy atom. The zero-order valence-electron chi connectivity index (χ0n) is 9.69. The highest BCUT2D eigenvalue weighted by molar-refractivity contribution is 6.30. The molecule has 1 aromatic rings. The lowest BCUT2D eigenvalue weighted by Crippen LogP contribution is -2.15. The number of nitrogens with zero attached hydrogens (tertiary/aromatic N) is 1. The molecule has 4 nitrogen and oxygen atoms in total. The van der Waals surface area contributed by atoms with E-state index in [2.05, 4.69) is 4.85 Å². The summed E-state index contributed by atoms with van der Waals surface area (Å²) in [5, 5.41) is 9.24. The minimum absolute atomic E-state index is 0.148. The molecule has 3 N–H and O–H groups in total. The van der Waals surface area contributed by atoms with Gasteiger partial charge in [0.15, 0.2) is 0 Å². The van der Waals surface area contributed by atoms with Crippen molar-refractivity contribution in [2.75, 3.05) is 0 Å². The highest BCUT2D eigenvalue weighted by Gasteiger charge is 2.52. The molecule has 0 bridgehead atoms. The lowest BCUT2D eigenvalue weighted by atomic mass is 9.98. The largest absolute Gasteiger partial charge is 0.481 e. The molecule has 5 heteroatoms. The molecule has 1 aromatic carbocycles. The van der Waals surface area contributed by atoms with Crippen LogP contribution in [0.4, 0.5) is 0 Å². The van der Waals surface area contributed by atoms with Gasteiger partial charge in [-0.15, -0.1) is 0 Å². The SMILES string of the molecule is [C-]#[N+]C1(c2cc(Cl)cc([C@@H](N)CC(=O)O)c2)CC1. The molecular formula is C13H13ClN2O2. The molecule has 0 radical (unpaired) electrons. The zero-order chi connectivity index (χ0) is 13.3. The van der Waals surface area contributed by atoms with Gasteiger partial charge in [-0.3, -0.25) is 4.79 Å². The van der Waals surface area contributed by atoms with E-state index in [4.69, 9.17) is 29.0 Å². The molecular weight excluding hydrogens is 252 g/mol. The molecule has 1 saturated carbocycles. The van der Waals surface area contributed by atoms with Gasteiger partial charge in [-0.25, -0.2) is 6.57 Å². The molecule has 0 unspecified atom stereocenters. The first-order chi connectivity index (χ1) is 8.47. The summed E-state index contributed by atoms with van der Waals surface area (Å²) in [6.45, 7) is 7.22. The van der Waals surface area contributed by atoms with Gasteiger partial charge in [0.25, 0.3) is 5.54 Å². The predicted octanol–water partition coefficient (Wildman–Crippen LogP) is 2.72. The lowest BCUT2D eigenvalue weighted by Gasteiger charge is -2.12. The van der Waals surface area contributed by atoms with Crippen LogP contribution in [0.2, 0.25) is 5.02 Å². The fraction of sp³-hybridized carbons (Fsp3) is 0.385. The molecule has 0 amide bonds. The summed E-state index contributed by atoms with van der Waals surface area (Å²) in [4.78, 5) is 14.3. The van der Waals surface area contributed by atoms with Crippen molar-refractivity contribution in [3.63, 3.8) is 0 Å². The molecule has 18 heavy (non-hydrogen) atoms. The van der Waals surface area contributed by atoms with Gasteiger partial charge in [0.2, 0.25) is 0 Å². The number of carboxylic acid groups (broad SMARTS) is 1. The number of aliphatic carboxylic acids is 1. The van der Waals surface area contributed by atoms with Gasteiger partial charge in [-0.1, -0.05) is 11.6 Å². The van der Waals surface area contributed by atoms with Gasteiger partial charge in [-0.05, 0) is 23.8 Å². The Morgan fingerprint density at radius 1 is 1.56 bits per heavy atom. The van der Waals surface area contributed by atoms with Crippen molar-refractivity contribution in [2.45, 2.75) is 30.8 Å². The van der Waals surface area contributed by atoms with Crippen LogP contribution in [0.15, 0.2) is 18.2 Å². The second kappa shape index (κ2) is 4.60. The van der Waals surface area contributed by atoms with Gasteiger partial charge in [0.05, 0.1) is 6.42 Å². The number of hydrogen-bond donors (Lipinski definition) is 2. The van der Waals surface area contributed by atoms with E-state index in [1.165, 1.54) is 0 Å². The third kappa shape index (κ3) is 2.47. The molecule has 2 rings (SSSR count). The maximum atomic E-state index is 10.7. The normalized spacial score (nSPS) is 17.8. The average Bonchev–Trinajstić information content (AvgIpc) is 3.08. The van der Waals surface area contributed by atoms with E-state index in [9.17, 15) is 4.79 Å². The zero-order valence-corrected chi connectivity index (χ0v) is 10.4. The summed E-state index contributed by atoms with van der Waals surface area (Å²) in [6.07, 6.45) is 1.50.